The quantitative estimate of drug-likeness (QED) is 0.925. The molecule has 94 valence electrons. The zero-order valence-electron chi connectivity index (χ0n) is 10.2. The van der Waals surface area contributed by atoms with Gasteiger partial charge in [-0.25, -0.2) is 4.98 Å². The van der Waals surface area contributed by atoms with Gasteiger partial charge in [0.1, 0.15) is 11.9 Å². The summed E-state index contributed by atoms with van der Waals surface area (Å²) in [6, 6.07) is 7.12. The number of aromatic nitrogens is 2. The van der Waals surface area contributed by atoms with Gasteiger partial charge in [-0.1, -0.05) is 23.7 Å². The van der Waals surface area contributed by atoms with Gasteiger partial charge in [-0.05, 0) is 19.1 Å². The van der Waals surface area contributed by atoms with Gasteiger partial charge in [0.25, 0.3) is 0 Å². The Morgan fingerprint density at radius 3 is 2.83 bits per heavy atom. The molecule has 2 rings (SSSR count). The molecule has 0 saturated heterocycles. The van der Waals surface area contributed by atoms with E-state index in [0.717, 1.165) is 5.56 Å². The fourth-order valence-corrected chi connectivity index (χ4v) is 2.03. The summed E-state index contributed by atoms with van der Waals surface area (Å²) in [6.07, 6.45) is 3.44. The molecule has 0 aliphatic rings. The van der Waals surface area contributed by atoms with E-state index in [0.29, 0.717) is 10.8 Å². The number of hydrogen-bond acceptors (Lipinski definition) is 2. The van der Waals surface area contributed by atoms with Crippen molar-refractivity contribution >= 4 is 17.5 Å². The normalized spacial score (nSPS) is 12.2. The molecule has 1 N–H and O–H groups in total. The number of benzene rings is 1. The molecule has 1 amide bonds. The minimum Gasteiger partial charge on any atom is -0.357 e. The second-order valence-electron chi connectivity index (χ2n) is 3.93. The zero-order chi connectivity index (χ0) is 13.1. The topological polar surface area (TPSA) is 46.9 Å². The molecule has 1 unspecified atom stereocenters. The van der Waals surface area contributed by atoms with Crippen molar-refractivity contribution in [1.29, 1.82) is 0 Å². The first kappa shape index (κ1) is 12.6. The third kappa shape index (κ3) is 2.24. The van der Waals surface area contributed by atoms with Gasteiger partial charge in [0.2, 0.25) is 5.91 Å². The van der Waals surface area contributed by atoms with Crippen LogP contribution in [-0.4, -0.2) is 22.5 Å². The van der Waals surface area contributed by atoms with Crippen LogP contribution in [0.3, 0.4) is 0 Å². The van der Waals surface area contributed by atoms with Crippen molar-refractivity contribution in [2.24, 2.45) is 0 Å². The standard InChI is InChI=1S/C13H14ClN3O/c1-9(13(18)15-2)17-8-7-16-12(17)10-5-3-4-6-11(10)14/h3-9H,1-2H3,(H,15,18). The Morgan fingerprint density at radius 2 is 2.17 bits per heavy atom. The van der Waals surface area contributed by atoms with Gasteiger partial charge in [-0.2, -0.15) is 0 Å². The molecule has 0 radical (unpaired) electrons. The highest BCUT2D eigenvalue weighted by atomic mass is 35.5. The predicted molar refractivity (Wildman–Crippen MR) is 71.5 cm³/mol. The molecule has 4 nitrogen and oxygen atoms in total. The third-order valence-electron chi connectivity index (χ3n) is 2.83. The van der Waals surface area contributed by atoms with Gasteiger partial charge in [0.05, 0.1) is 5.02 Å². The molecule has 1 heterocycles. The summed E-state index contributed by atoms with van der Waals surface area (Å²) < 4.78 is 1.81. The van der Waals surface area contributed by atoms with Crippen LogP contribution in [0.5, 0.6) is 0 Å². The van der Waals surface area contributed by atoms with Gasteiger partial charge in [-0.15, -0.1) is 0 Å². The highest BCUT2D eigenvalue weighted by molar-refractivity contribution is 6.33. The molecule has 0 saturated carbocycles. The van der Waals surface area contributed by atoms with E-state index >= 15 is 0 Å². The molecular formula is C13H14ClN3O. The molecule has 0 fully saturated rings. The van der Waals surface area contributed by atoms with E-state index in [-0.39, 0.29) is 11.9 Å². The number of amides is 1. The highest BCUT2D eigenvalue weighted by Gasteiger charge is 2.18. The van der Waals surface area contributed by atoms with Crippen molar-refractivity contribution in [3.63, 3.8) is 0 Å². The van der Waals surface area contributed by atoms with Crippen LogP contribution in [0, 0.1) is 0 Å². The maximum atomic E-state index is 11.7. The van der Waals surface area contributed by atoms with Crippen LogP contribution in [0.2, 0.25) is 5.02 Å². The number of nitrogens with one attached hydrogen (secondary N) is 1. The Morgan fingerprint density at radius 1 is 1.44 bits per heavy atom. The number of likely N-dealkylation sites (N-methyl/N-ethyl adjacent to an activating group) is 1. The second kappa shape index (κ2) is 5.23. The minimum atomic E-state index is -0.330. The van der Waals surface area contributed by atoms with Crippen molar-refractivity contribution in [3.8, 4) is 11.4 Å². The molecule has 18 heavy (non-hydrogen) atoms. The molecular weight excluding hydrogens is 250 g/mol. The van der Waals surface area contributed by atoms with Crippen molar-refractivity contribution in [3.05, 3.63) is 41.7 Å². The SMILES string of the molecule is CNC(=O)C(C)n1ccnc1-c1ccccc1Cl. The van der Waals surface area contributed by atoms with Crippen molar-refractivity contribution in [2.45, 2.75) is 13.0 Å². The maximum absolute atomic E-state index is 11.7. The van der Waals surface area contributed by atoms with Gasteiger partial charge in [-0.3, -0.25) is 4.79 Å². The number of carbonyl (C=O) groups excluding carboxylic acids is 1. The average molecular weight is 264 g/mol. The largest absolute Gasteiger partial charge is 0.357 e. The lowest BCUT2D eigenvalue weighted by Gasteiger charge is -2.15. The number of hydrogen-bond donors (Lipinski definition) is 1. The lowest BCUT2D eigenvalue weighted by molar-refractivity contribution is -0.123. The zero-order valence-corrected chi connectivity index (χ0v) is 11.0. The fraction of sp³-hybridized carbons (Fsp3) is 0.231. The smallest absolute Gasteiger partial charge is 0.242 e. The summed E-state index contributed by atoms with van der Waals surface area (Å²) in [6.45, 7) is 1.82. The van der Waals surface area contributed by atoms with Crippen LogP contribution in [0.25, 0.3) is 11.4 Å². The number of carbonyl (C=O) groups is 1. The van der Waals surface area contributed by atoms with E-state index in [1.165, 1.54) is 0 Å². The van der Waals surface area contributed by atoms with E-state index in [1.807, 2.05) is 25.1 Å². The summed E-state index contributed by atoms with van der Waals surface area (Å²) in [5, 5.41) is 3.25. The predicted octanol–water partition coefficient (Wildman–Crippen LogP) is 2.51. The minimum absolute atomic E-state index is 0.0682. The van der Waals surface area contributed by atoms with E-state index in [4.69, 9.17) is 11.6 Å². The van der Waals surface area contributed by atoms with E-state index in [9.17, 15) is 4.79 Å². The summed E-state index contributed by atoms with van der Waals surface area (Å²) in [5.74, 6) is 0.623. The van der Waals surface area contributed by atoms with Crippen molar-refractivity contribution in [1.82, 2.24) is 14.9 Å². The van der Waals surface area contributed by atoms with Gasteiger partial charge in [0.15, 0.2) is 0 Å². The molecule has 1 atom stereocenters. The van der Waals surface area contributed by atoms with Crippen molar-refractivity contribution < 1.29 is 4.79 Å². The highest BCUT2D eigenvalue weighted by Crippen LogP contribution is 2.27. The molecule has 0 bridgehead atoms. The molecule has 5 heteroatoms. The monoisotopic (exact) mass is 263 g/mol. The fourth-order valence-electron chi connectivity index (χ4n) is 1.81. The average Bonchev–Trinajstić information content (AvgIpc) is 2.86. The molecule has 1 aromatic heterocycles. The van der Waals surface area contributed by atoms with Crippen LogP contribution >= 0.6 is 11.6 Å². The van der Waals surface area contributed by atoms with Crippen LogP contribution in [-0.2, 0) is 4.79 Å². The summed E-state index contributed by atoms with van der Waals surface area (Å²) >= 11 is 6.15. The van der Waals surface area contributed by atoms with Crippen molar-refractivity contribution in [2.75, 3.05) is 7.05 Å². The van der Waals surface area contributed by atoms with E-state index in [2.05, 4.69) is 10.3 Å². The third-order valence-corrected chi connectivity index (χ3v) is 3.16. The molecule has 0 aliphatic carbocycles. The number of imidazole rings is 1. The molecule has 2 aromatic rings. The van der Waals surface area contributed by atoms with Gasteiger partial charge < -0.3 is 9.88 Å². The van der Waals surface area contributed by atoms with E-state index < -0.39 is 0 Å². The van der Waals surface area contributed by atoms with Gasteiger partial charge >= 0.3 is 0 Å². The lowest BCUT2D eigenvalue weighted by Crippen LogP contribution is -2.27. The first-order valence-electron chi connectivity index (χ1n) is 5.64. The first-order chi connectivity index (χ1) is 8.65. The molecule has 1 aromatic carbocycles. The number of halogens is 1. The number of nitrogens with zero attached hydrogens (tertiary/aromatic N) is 2. The molecule has 0 aliphatic heterocycles. The molecule has 0 spiro atoms. The lowest BCUT2D eigenvalue weighted by atomic mass is 10.2. The Hall–Kier alpha value is -1.81. The van der Waals surface area contributed by atoms with Crippen LogP contribution in [0.15, 0.2) is 36.7 Å². The summed E-state index contributed by atoms with van der Waals surface area (Å²) in [7, 11) is 1.62. The van der Waals surface area contributed by atoms with Crippen LogP contribution < -0.4 is 5.32 Å². The van der Waals surface area contributed by atoms with E-state index in [1.54, 1.807) is 30.1 Å². The second-order valence-corrected chi connectivity index (χ2v) is 4.34. The van der Waals surface area contributed by atoms with Crippen LogP contribution in [0.1, 0.15) is 13.0 Å². The Bertz CT molecular complexity index is 565. The summed E-state index contributed by atoms with van der Waals surface area (Å²) in [4.78, 5) is 16.0. The first-order valence-corrected chi connectivity index (χ1v) is 6.02. The Labute approximate surface area is 111 Å². The Balaban J connectivity index is 2.46. The summed E-state index contributed by atoms with van der Waals surface area (Å²) in [5.41, 5.74) is 0.819. The Kier molecular flexibility index (Phi) is 3.67. The van der Waals surface area contributed by atoms with Gasteiger partial charge in [0, 0.05) is 25.0 Å². The van der Waals surface area contributed by atoms with Crippen LogP contribution in [0.4, 0.5) is 0 Å². The maximum Gasteiger partial charge on any atom is 0.242 e. The number of rotatable bonds is 3.